The minimum absolute atomic E-state index is 0.0355. The van der Waals surface area contributed by atoms with Crippen LogP contribution in [0.15, 0.2) is 48.8 Å². The summed E-state index contributed by atoms with van der Waals surface area (Å²) in [5, 5.41) is 11.5. The lowest BCUT2D eigenvalue weighted by Crippen LogP contribution is -2.39. The molecule has 0 spiro atoms. The molecule has 0 aliphatic carbocycles. The van der Waals surface area contributed by atoms with Crippen LogP contribution in [0.1, 0.15) is 17.2 Å². The number of rotatable bonds is 6. The average Bonchev–Trinajstić information content (AvgIpc) is 3.03. The predicted octanol–water partition coefficient (Wildman–Crippen LogP) is 1.40. The van der Waals surface area contributed by atoms with Gasteiger partial charge in [0.15, 0.2) is 0 Å². The largest absolute Gasteiger partial charge is 0.297 e. The van der Waals surface area contributed by atoms with Crippen LogP contribution in [0.25, 0.3) is 0 Å². The van der Waals surface area contributed by atoms with Crippen LogP contribution < -0.4 is 4.72 Å². The molecule has 2 heterocycles. The molecule has 1 aliphatic rings. The van der Waals surface area contributed by atoms with E-state index < -0.39 is 26.2 Å². The van der Waals surface area contributed by atoms with E-state index in [2.05, 4.69) is 9.71 Å². The Hall–Kier alpha value is -2.40. The Labute approximate surface area is 150 Å². The van der Waals surface area contributed by atoms with Gasteiger partial charge in [0.05, 0.1) is 17.6 Å². The van der Waals surface area contributed by atoms with Gasteiger partial charge in [-0.1, -0.05) is 18.2 Å². The maximum atomic E-state index is 12.8. The lowest BCUT2D eigenvalue weighted by molar-refractivity contribution is -0.385. The number of nitro groups is 1. The van der Waals surface area contributed by atoms with Crippen molar-refractivity contribution in [3.63, 3.8) is 0 Å². The van der Waals surface area contributed by atoms with Crippen LogP contribution in [-0.2, 0) is 21.4 Å². The number of hydroxylamine groups is 2. The summed E-state index contributed by atoms with van der Waals surface area (Å²) in [6.45, 7) is 0.0737. The summed E-state index contributed by atoms with van der Waals surface area (Å²) < 4.78 is 28.1. The second-order valence-electron chi connectivity index (χ2n) is 5.90. The van der Waals surface area contributed by atoms with E-state index in [1.54, 1.807) is 37.6 Å². The molecular formula is C16H18N4O5S. The van der Waals surface area contributed by atoms with E-state index in [1.165, 1.54) is 23.3 Å². The van der Waals surface area contributed by atoms with E-state index >= 15 is 0 Å². The fourth-order valence-corrected chi connectivity index (χ4v) is 4.39. The number of nitro benzene ring substituents is 1. The van der Waals surface area contributed by atoms with Crippen molar-refractivity contribution in [3.05, 3.63) is 70.0 Å². The van der Waals surface area contributed by atoms with Gasteiger partial charge in [0.1, 0.15) is 5.25 Å². The normalized spacial score (nSPS) is 21.0. The first-order chi connectivity index (χ1) is 12.4. The van der Waals surface area contributed by atoms with Crippen molar-refractivity contribution in [2.24, 2.45) is 0 Å². The predicted molar refractivity (Wildman–Crippen MR) is 93.3 cm³/mol. The van der Waals surface area contributed by atoms with Crippen LogP contribution in [0, 0.1) is 10.1 Å². The van der Waals surface area contributed by atoms with Crippen molar-refractivity contribution in [1.29, 1.82) is 0 Å². The van der Waals surface area contributed by atoms with Gasteiger partial charge in [-0.3, -0.25) is 19.9 Å². The third kappa shape index (κ3) is 3.88. The zero-order chi connectivity index (χ0) is 18.7. The Morgan fingerprint density at radius 3 is 2.88 bits per heavy atom. The number of nitrogens with one attached hydrogen (secondary N) is 1. The summed E-state index contributed by atoms with van der Waals surface area (Å²) in [6, 6.07) is 8.77. The zero-order valence-corrected chi connectivity index (χ0v) is 14.8. The lowest BCUT2D eigenvalue weighted by Gasteiger charge is -2.23. The van der Waals surface area contributed by atoms with E-state index in [-0.39, 0.29) is 18.8 Å². The fraction of sp³-hybridized carbons (Fsp3) is 0.312. The van der Waals surface area contributed by atoms with Crippen LogP contribution in [-0.4, -0.2) is 42.3 Å². The minimum atomic E-state index is -3.74. The van der Waals surface area contributed by atoms with Gasteiger partial charge < -0.3 is 0 Å². The molecule has 2 atom stereocenters. The lowest BCUT2D eigenvalue weighted by atomic mass is 10.0. The number of aromatic nitrogens is 1. The van der Waals surface area contributed by atoms with E-state index in [4.69, 9.17) is 4.84 Å². The van der Waals surface area contributed by atoms with Gasteiger partial charge in [-0.15, -0.1) is 0 Å². The number of non-ortho nitro benzene ring substituents is 1. The monoisotopic (exact) mass is 378 g/mol. The number of sulfonamides is 1. The van der Waals surface area contributed by atoms with Gasteiger partial charge in [-0.05, 0) is 17.2 Å². The topological polar surface area (TPSA) is 115 Å². The summed E-state index contributed by atoms with van der Waals surface area (Å²) in [7, 11) is -2.12. The molecule has 1 saturated heterocycles. The van der Waals surface area contributed by atoms with Gasteiger partial charge in [-0.25, -0.2) is 13.1 Å². The highest BCUT2D eigenvalue weighted by Gasteiger charge is 2.43. The molecule has 0 saturated carbocycles. The summed E-state index contributed by atoms with van der Waals surface area (Å²) in [4.78, 5) is 19.9. The molecule has 2 aromatic rings. The number of nitrogens with zero attached hydrogens (tertiary/aromatic N) is 3. The highest BCUT2D eigenvalue weighted by molar-refractivity contribution is 7.90. The third-order valence-electron chi connectivity index (χ3n) is 4.21. The summed E-state index contributed by atoms with van der Waals surface area (Å²) >= 11 is 0. The van der Waals surface area contributed by atoms with Gasteiger partial charge >= 0.3 is 0 Å². The van der Waals surface area contributed by atoms with E-state index in [0.717, 1.165) is 5.56 Å². The van der Waals surface area contributed by atoms with Crippen LogP contribution in [0.4, 0.5) is 5.69 Å². The number of hydrogen-bond acceptors (Lipinski definition) is 7. The standard InChI is InChI=1S/C16H18N4O5S/c1-19-16(13-5-2-6-14(8-13)20(21)22)15(11-25-19)26(23,24)18-10-12-4-3-7-17-9-12/h2-9,15-16,18H,10-11H2,1H3. The van der Waals surface area contributed by atoms with Crippen molar-refractivity contribution in [1.82, 2.24) is 14.8 Å². The molecule has 26 heavy (non-hydrogen) atoms. The fourth-order valence-electron chi connectivity index (χ4n) is 2.90. The van der Waals surface area contributed by atoms with Crippen molar-refractivity contribution < 1.29 is 18.2 Å². The van der Waals surface area contributed by atoms with Crippen molar-refractivity contribution in [2.75, 3.05) is 13.7 Å². The molecule has 3 rings (SSSR count). The van der Waals surface area contributed by atoms with Gasteiger partial charge in [-0.2, -0.15) is 5.06 Å². The zero-order valence-electron chi connectivity index (χ0n) is 14.0. The summed E-state index contributed by atoms with van der Waals surface area (Å²) in [5.74, 6) is 0. The van der Waals surface area contributed by atoms with Crippen LogP contribution in [0.3, 0.4) is 0 Å². The summed E-state index contributed by atoms with van der Waals surface area (Å²) in [6.07, 6.45) is 3.19. The molecular weight excluding hydrogens is 360 g/mol. The van der Waals surface area contributed by atoms with Crippen molar-refractivity contribution >= 4 is 15.7 Å². The highest BCUT2D eigenvalue weighted by atomic mass is 32.2. The minimum Gasteiger partial charge on any atom is -0.297 e. The Kier molecular flexibility index (Phi) is 5.28. The van der Waals surface area contributed by atoms with Crippen molar-refractivity contribution in [2.45, 2.75) is 17.8 Å². The van der Waals surface area contributed by atoms with E-state index in [0.29, 0.717) is 5.56 Å². The molecule has 9 nitrogen and oxygen atoms in total. The summed E-state index contributed by atoms with van der Waals surface area (Å²) in [5.41, 5.74) is 1.15. The quantitative estimate of drug-likeness (QED) is 0.597. The highest BCUT2D eigenvalue weighted by Crippen LogP contribution is 2.34. The number of benzene rings is 1. The molecule has 1 fully saturated rings. The SMILES string of the molecule is CN1OCC(S(=O)(=O)NCc2cccnc2)C1c1cccc([N+](=O)[O-])c1. The molecule has 0 amide bonds. The maximum Gasteiger partial charge on any atom is 0.269 e. The van der Waals surface area contributed by atoms with E-state index in [9.17, 15) is 18.5 Å². The average molecular weight is 378 g/mol. The first-order valence-corrected chi connectivity index (χ1v) is 9.40. The number of pyridine rings is 1. The van der Waals surface area contributed by atoms with Gasteiger partial charge in [0.25, 0.3) is 5.69 Å². The molecule has 1 aromatic carbocycles. The molecule has 1 aliphatic heterocycles. The number of hydrogen-bond donors (Lipinski definition) is 1. The van der Waals surface area contributed by atoms with E-state index in [1.807, 2.05) is 0 Å². The van der Waals surface area contributed by atoms with Crippen LogP contribution in [0.5, 0.6) is 0 Å². The van der Waals surface area contributed by atoms with Crippen molar-refractivity contribution in [3.8, 4) is 0 Å². The molecule has 2 unspecified atom stereocenters. The first kappa shape index (κ1) is 18.4. The second kappa shape index (κ2) is 7.46. The second-order valence-corrected chi connectivity index (χ2v) is 7.89. The first-order valence-electron chi connectivity index (χ1n) is 7.86. The molecule has 10 heteroatoms. The molecule has 1 N–H and O–H groups in total. The molecule has 1 aromatic heterocycles. The molecule has 0 bridgehead atoms. The van der Waals surface area contributed by atoms with Crippen LogP contribution in [0.2, 0.25) is 0 Å². The Morgan fingerprint density at radius 1 is 1.38 bits per heavy atom. The molecule has 138 valence electrons. The Morgan fingerprint density at radius 2 is 2.19 bits per heavy atom. The van der Waals surface area contributed by atoms with Gasteiger partial charge in [0.2, 0.25) is 10.0 Å². The molecule has 0 radical (unpaired) electrons. The van der Waals surface area contributed by atoms with Gasteiger partial charge in [0, 0.05) is 38.1 Å². The smallest absolute Gasteiger partial charge is 0.269 e. The Balaban J connectivity index is 1.83. The van der Waals surface area contributed by atoms with Crippen LogP contribution >= 0.6 is 0 Å². The third-order valence-corrected chi connectivity index (χ3v) is 5.95. The Bertz CT molecular complexity index is 891. The maximum absolute atomic E-state index is 12.8.